The summed E-state index contributed by atoms with van der Waals surface area (Å²) in [6.45, 7) is 2.53. The average Bonchev–Trinajstić information content (AvgIpc) is 3.25. The molecule has 0 saturated carbocycles. The summed E-state index contributed by atoms with van der Waals surface area (Å²) in [6, 6.07) is 6.61. The first-order chi connectivity index (χ1) is 20.0. The van der Waals surface area contributed by atoms with E-state index >= 15 is 4.39 Å². The number of nitrogens with zero attached hydrogens (tertiary/aromatic N) is 4. The van der Waals surface area contributed by atoms with E-state index in [4.69, 9.17) is 24.3 Å². The maximum Gasteiger partial charge on any atom is 0.458 e. The van der Waals surface area contributed by atoms with Crippen molar-refractivity contribution in [2.45, 2.75) is 44.3 Å². The molecule has 2 heterocycles. The number of nitrogens with two attached hydrogens (primary N) is 1. The molecule has 2 aromatic heterocycles. The van der Waals surface area contributed by atoms with Crippen LogP contribution in [-0.4, -0.2) is 99.2 Å². The van der Waals surface area contributed by atoms with E-state index in [1.165, 1.54) is 31.5 Å². The SMILES string of the molecule is Bc1nc(N)nc2c1nc(B)n2C(CF)O[C@@](F)(CO)C(B)(B)OP(=O)(NC(C)C(=O)OCC(C)C)Oc1ccccc1. The number of rotatable bonds is 15. The topological polar surface area (TPSA) is 173 Å². The molecule has 13 nitrogen and oxygen atoms in total. The van der Waals surface area contributed by atoms with Crippen LogP contribution in [0.5, 0.6) is 5.75 Å². The fourth-order valence-corrected chi connectivity index (χ4v) is 5.91. The van der Waals surface area contributed by atoms with Gasteiger partial charge < -0.3 is 24.8 Å². The molecule has 0 amide bonds. The highest BCUT2D eigenvalue weighted by Gasteiger charge is 2.54. The van der Waals surface area contributed by atoms with Gasteiger partial charge in [-0.2, -0.15) is 10.1 Å². The standard InChI is InChI=1S/C23H35B4F2N6O7P/c1-12(2)10-39-19(37)13(3)34-43(38,41-14-7-5-4-6-8-14)42-23(26,27)22(29,11-36)40-15(9-28)35-18-16(31-20(35)25)17(24)32-21(30)33-18/h4-8,12-13,15,36H,9-11,24-27H2,1-3H3,(H,34,38)(H2,30,32,33)/t13?,15?,22-,43?/m0/s1. The van der Waals surface area contributed by atoms with Crippen molar-refractivity contribution in [1.29, 1.82) is 0 Å². The van der Waals surface area contributed by atoms with E-state index in [2.05, 4.69) is 20.0 Å². The normalized spacial score (nSPS) is 16.3. The molecule has 43 heavy (non-hydrogen) atoms. The summed E-state index contributed by atoms with van der Waals surface area (Å²) >= 11 is 0. The van der Waals surface area contributed by atoms with Crippen LogP contribution in [0.2, 0.25) is 0 Å². The highest BCUT2D eigenvalue weighted by molar-refractivity contribution is 7.52. The zero-order chi connectivity index (χ0) is 32.2. The Morgan fingerprint density at radius 2 is 1.84 bits per heavy atom. The predicted octanol–water partition coefficient (Wildman–Crippen LogP) is -2.63. The van der Waals surface area contributed by atoms with Crippen LogP contribution in [0.3, 0.4) is 0 Å². The van der Waals surface area contributed by atoms with Crippen molar-refractivity contribution in [2.24, 2.45) is 5.92 Å². The van der Waals surface area contributed by atoms with E-state index in [9.17, 15) is 18.9 Å². The second-order valence-corrected chi connectivity index (χ2v) is 12.5. The molecule has 0 bridgehead atoms. The number of nitrogen functional groups attached to an aromatic ring is 1. The molecule has 3 unspecified atom stereocenters. The van der Waals surface area contributed by atoms with Gasteiger partial charge in [0.2, 0.25) is 11.8 Å². The molecule has 0 aliphatic carbocycles. The number of ether oxygens (including phenoxy) is 2. The van der Waals surface area contributed by atoms with Crippen LogP contribution in [0.1, 0.15) is 27.0 Å². The third-order valence-corrected chi connectivity index (χ3v) is 8.19. The molecule has 0 aliphatic heterocycles. The summed E-state index contributed by atoms with van der Waals surface area (Å²) in [6.07, 6.45) is -1.72. The van der Waals surface area contributed by atoms with Gasteiger partial charge in [0.1, 0.15) is 46.3 Å². The maximum absolute atomic E-state index is 16.6. The summed E-state index contributed by atoms with van der Waals surface area (Å²) in [7, 11) is 0.778. The minimum Gasteiger partial charge on any atom is -0.464 e. The largest absolute Gasteiger partial charge is 0.464 e. The molecule has 0 aliphatic rings. The lowest BCUT2D eigenvalue weighted by molar-refractivity contribution is -0.255. The van der Waals surface area contributed by atoms with E-state index in [1.54, 1.807) is 26.0 Å². The number of alkyl halides is 2. The number of aromatic nitrogens is 4. The number of carbonyl (C=O) groups excluding carboxylic acids is 1. The van der Waals surface area contributed by atoms with Gasteiger partial charge in [0.25, 0.3) is 0 Å². The van der Waals surface area contributed by atoms with Gasteiger partial charge in [-0.1, -0.05) is 32.0 Å². The van der Waals surface area contributed by atoms with Crippen molar-refractivity contribution in [2.75, 3.05) is 25.6 Å². The fraction of sp³-hybridized carbons (Fsp3) is 0.478. The Kier molecular flexibility index (Phi) is 11.1. The van der Waals surface area contributed by atoms with Gasteiger partial charge >= 0.3 is 13.7 Å². The Morgan fingerprint density at radius 1 is 1.19 bits per heavy atom. The zero-order valence-electron chi connectivity index (χ0n) is 25.2. The number of aliphatic hydroxyl groups excluding tert-OH is 1. The Labute approximate surface area is 251 Å². The number of imidazole rings is 1. The number of para-hydroxylation sites is 1. The molecule has 1 aromatic carbocycles. The van der Waals surface area contributed by atoms with Crippen LogP contribution in [0.15, 0.2) is 30.3 Å². The Bertz CT molecular complexity index is 1470. The number of esters is 1. The highest BCUT2D eigenvalue weighted by atomic mass is 31.2. The monoisotopic (exact) mass is 620 g/mol. The van der Waals surface area contributed by atoms with Crippen molar-refractivity contribution in [3.8, 4) is 5.75 Å². The second-order valence-electron chi connectivity index (χ2n) is 10.9. The van der Waals surface area contributed by atoms with Crippen LogP contribution < -0.4 is 26.7 Å². The van der Waals surface area contributed by atoms with Gasteiger partial charge in [-0.25, -0.2) is 23.3 Å². The third kappa shape index (κ3) is 8.15. The molecule has 0 spiro atoms. The van der Waals surface area contributed by atoms with Gasteiger partial charge in [0.15, 0.2) is 27.6 Å². The minimum atomic E-state index is -4.64. The number of hydrogen-bond donors (Lipinski definition) is 3. The van der Waals surface area contributed by atoms with Crippen molar-refractivity contribution in [1.82, 2.24) is 24.6 Å². The number of benzene rings is 1. The fourth-order valence-electron chi connectivity index (χ4n) is 4.05. The number of carbonyl (C=O) groups is 1. The van der Waals surface area contributed by atoms with E-state index in [0.29, 0.717) is 11.1 Å². The first-order valence-electron chi connectivity index (χ1n) is 13.6. The van der Waals surface area contributed by atoms with Gasteiger partial charge in [-0.3, -0.25) is 13.9 Å². The molecule has 0 saturated heterocycles. The Balaban J connectivity index is 1.96. The first-order valence-corrected chi connectivity index (χ1v) is 15.1. The number of hydrogen-bond acceptors (Lipinski definition) is 11. The summed E-state index contributed by atoms with van der Waals surface area (Å²) in [4.78, 5) is 25.0. The number of nitrogens with one attached hydrogen (secondary N) is 1. The van der Waals surface area contributed by atoms with E-state index in [1.807, 2.05) is 13.8 Å². The van der Waals surface area contributed by atoms with Crippen LogP contribution in [0, 0.1) is 5.92 Å². The molecule has 230 valence electrons. The smallest absolute Gasteiger partial charge is 0.458 e. The van der Waals surface area contributed by atoms with E-state index in [-0.39, 0.29) is 35.6 Å². The predicted molar refractivity (Wildman–Crippen MR) is 167 cm³/mol. The molecular formula is C23H35B4F2N6O7P. The maximum atomic E-state index is 16.6. The van der Waals surface area contributed by atoms with Gasteiger partial charge in [0.05, 0.1) is 17.7 Å². The highest BCUT2D eigenvalue weighted by Crippen LogP contribution is 2.50. The van der Waals surface area contributed by atoms with Crippen molar-refractivity contribution in [3.63, 3.8) is 0 Å². The van der Waals surface area contributed by atoms with Crippen molar-refractivity contribution in [3.05, 3.63) is 30.3 Å². The lowest BCUT2D eigenvalue weighted by Gasteiger charge is -2.42. The Morgan fingerprint density at radius 3 is 2.42 bits per heavy atom. The average molecular weight is 620 g/mol. The number of anilines is 1. The lowest BCUT2D eigenvalue weighted by Crippen LogP contribution is -2.59. The third-order valence-electron chi connectivity index (χ3n) is 6.33. The number of halogens is 2. The molecule has 0 radical (unpaired) electrons. The van der Waals surface area contributed by atoms with Crippen molar-refractivity contribution < 1.29 is 41.8 Å². The van der Waals surface area contributed by atoms with Crippen LogP contribution in [0.4, 0.5) is 14.7 Å². The number of aliphatic hydroxyl groups is 1. The quantitative estimate of drug-likeness (QED) is 0.0919. The van der Waals surface area contributed by atoms with Crippen LogP contribution in [0.25, 0.3) is 11.2 Å². The van der Waals surface area contributed by atoms with Crippen molar-refractivity contribution >= 4 is 73.5 Å². The van der Waals surface area contributed by atoms with Crippen LogP contribution >= 0.6 is 7.75 Å². The van der Waals surface area contributed by atoms with E-state index in [0.717, 1.165) is 15.7 Å². The molecule has 0 fully saturated rings. The van der Waals surface area contributed by atoms with Gasteiger partial charge in [0, 0.05) is 5.59 Å². The first kappa shape index (κ1) is 34.5. The molecule has 4 N–H and O–H groups in total. The van der Waals surface area contributed by atoms with E-state index < -0.39 is 50.5 Å². The second kappa shape index (κ2) is 13.8. The zero-order valence-corrected chi connectivity index (χ0v) is 26.1. The van der Waals surface area contributed by atoms with Crippen LogP contribution in [-0.2, 0) is 23.4 Å². The summed E-state index contributed by atoms with van der Waals surface area (Å²) in [5.41, 5.74) is 6.76. The van der Waals surface area contributed by atoms with Gasteiger partial charge in [-0.05, 0) is 25.0 Å². The number of fused-ring (bicyclic) bond motifs is 1. The minimum absolute atomic E-state index is 0.0408. The Hall–Kier alpha value is -2.97. The molecule has 20 heteroatoms. The molecule has 4 atom stereocenters. The molecule has 3 rings (SSSR count). The summed E-state index contributed by atoms with van der Waals surface area (Å²) < 4.78 is 68.5. The van der Waals surface area contributed by atoms with Gasteiger partial charge in [-0.15, -0.1) is 0 Å². The molecular weight excluding hydrogens is 585 g/mol. The molecule has 3 aromatic rings. The lowest BCUT2D eigenvalue weighted by atomic mass is 9.61. The summed E-state index contributed by atoms with van der Waals surface area (Å²) in [5, 5.41) is 10.4. The summed E-state index contributed by atoms with van der Waals surface area (Å²) in [5.74, 6) is -3.96.